The summed E-state index contributed by atoms with van der Waals surface area (Å²) in [6, 6.07) is 9.68. The molecule has 2 aromatic rings. The first-order chi connectivity index (χ1) is 9.08. The average Bonchev–Trinajstić information content (AvgIpc) is 2.38. The average molecular weight is 337 g/mol. The fraction of sp³-hybridized carbons (Fsp3) is 0.143. The molecule has 0 radical (unpaired) electrons. The van der Waals surface area contributed by atoms with Crippen molar-refractivity contribution in [2.45, 2.75) is 13.5 Å². The molecule has 0 saturated heterocycles. The van der Waals surface area contributed by atoms with Gasteiger partial charge in [-0.3, -0.25) is 4.98 Å². The van der Waals surface area contributed by atoms with Crippen LogP contribution in [0.3, 0.4) is 0 Å². The van der Waals surface area contributed by atoms with E-state index in [0.29, 0.717) is 12.3 Å². The molecule has 0 unspecified atom stereocenters. The molecular formula is C14H13BrN2OS. The van der Waals surface area contributed by atoms with E-state index in [4.69, 9.17) is 22.7 Å². The molecule has 98 valence electrons. The third-order valence-corrected chi connectivity index (χ3v) is 3.41. The molecule has 5 heteroatoms. The van der Waals surface area contributed by atoms with Crippen LogP contribution in [0.4, 0.5) is 0 Å². The van der Waals surface area contributed by atoms with Gasteiger partial charge in [0.15, 0.2) is 0 Å². The van der Waals surface area contributed by atoms with Gasteiger partial charge in [-0.25, -0.2) is 0 Å². The highest BCUT2D eigenvalue weighted by Crippen LogP contribution is 2.26. The summed E-state index contributed by atoms with van der Waals surface area (Å²) >= 11 is 8.45. The molecule has 2 N–H and O–H groups in total. The van der Waals surface area contributed by atoms with Crippen LogP contribution in [0.15, 0.2) is 41.0 Å². The Morgan fingerprint density at radius 3 is 2.89 bits per heavy atom. The van der Waals surface area contributed by atoms with Crippen LogP contribution in [0.2, 0.25) is 0 Å². The maximum Gasteiger partial charge on any atom is 0.134 e. The van der Waals surface area contributed by atoms with Gasteiger partial charge in [-0.15, -0.1) is 0 Å². The third-order valence-electron chi connectivity index (χ3n) is 2.60. The molecule has 1 aromatic carbocycles. The molecule has 1 aromatic heterocycles. The summed E-state index contributed by atoms with van der Waals surface area (Å²) in [5.41, 5.74) is 8.30. The number of hydrogen-bond donors (Lipinski definition) is 1. The first-order valence-corrected chi connectivity index (χ1v) is 6.90. The van der Waals surface area contributed by atoms with Crippen LogP contribution in [0.25, 0.3) is 0 Å². The smallest absolute Gasteiger partial charge is 0.134 e. The standard InChI is InChI=1S/C14H13BrN2OS/c1-9-4-5-12(11(15)7-9)18-8-10-3-2-6-17-13(10)14(16)19/h2-7H,8H2,1H3,(H2,16,19). The number of halogens is 1. The summed E-state index contributed by atoms with van der Waals surface area (Å²) in [6.45, 7) is 2.41. The Morgan fingerprint density at radius 1 is 1.42 bits per heavy atom. The van der Waals surface area contributed by atoms with Crippen molar-refractivity contribution in [3.05, 3.63) is 57.8 Å². The summed E-state index contributed by atoms with van der Waals surface area (Å²) in [5.74, 6) is 0.781. The predicted octanol–water partition coefficient (Wildman–Crippen LogP) is 3.37. The molecular weight excluding hydrogens is 324 g/mol. The van der Waals surface area contributed by atoms with Crippen LogP contribution in [-0.2, 0) is 6.61 Å². The number of nitrogens with zero attached hydrogens (tertiary/aromatic N) is 1. The lowest BCUT2D eigenvalue weighted by Gasteiger charge is -2.11. The van der Waals surface area contributed by atoms with Gasteiger partial charge in [0, 0.05) is 11.8 Å². The Bertz CT molecular complexity index is 616. The highest BCUT2D eigenvalue weighted by Gasteiger charge is 2.08. The number of ether oxygens (including phenoxy) is 1. The highest BCUT2D eigenvalue weighted by molar-refractivity contribution is 9.10. The SMILES string of the molecule is Cc1ccc(OCc2cccnc2C(N)=S)c(Br)c1. The molecule has 0 aliphatic heterocycles. The highest BCUT2D eigenvalue weighted by atomic mass is 79.9. The fourth-order valence-electron chi connectivity index (χ4n) is 1.66. The van der Waals surface area contributed by atoms with Gasteiger partial charge >= 0.3 is 0 Å². The van der Waals surface area contributed by atoms with E-state index in [0.717, 1.165) is 15.8 Å². The second kappa shape index (κ2) is 6.12. The summed E-state index contributed by atoms with van der Waals surface area (Å²) < 4.78 is 6.69. The molecule has 0 fully saturated rings. The summed E-state index contributed by atoms with van der Waals surface area (Å²) in [5, 5.41) is 0. The van der Waals surface area contributed by atoms with Crippen molar-refractivity contribution in [2.24, 2.45) is 5.73 Å². The summed E-state index contributed by atoms with van der Waals surface area (Å²) in [4.78, 5) is 4.45. The van der Waals surface area contributed by atoms with E-state index < -0.39 is 0 Å². The minimum atomic E-state index is 0.280. The van der Waals surface area contributed by atoms with Crippen molar-refractivity contribution in [2.75, 3.05) is 0 Å². The van der Waals surface area contributed by atoms with Crippen LogP contribution in [0, 0.1) is 6.92 Å². The lowest BCUT2D eigenvalue weighted by atomic mass is 10.2. The van der Waals surface area contributed by atoms with E-state index in [2.05, 4.69) is 20.9 Å². The number of aromatic nitrogens is 1. The maximum atomic E-state index is 5.77. The van der Waals surface area contributed by atoms with E-state index >= 15 is 0 Å². The van der Waals surface area contributed by atoms with Gasteiger partial charge in [0.1, 0.15) is 23.0 Å². The molecule has 0 amide bonds. The maximum absolute atomic E-state index is 5.77. The van der Waals surface area contributed by atoms with E-state index in [-0.39, 0.29) is 4.99 Å². The second-order valence-corrected chi connectivity index (χ2v) is 5.39. The van der Waals surface area contributed by atoms with Crippen molar-refractivity contribution in [3.63, 3.8) is 0 Å². The van der Waals surface area contributed by atoms with Gasteiger partial charge in [0.2, 0.25) is 0 Å². The lowest BCUT2D eigenvalue weighted by Crippen LogP contribution is -2.15. The number of hydrogen-bond acceptors (Lipinski definition) is 3. The van der Waals surface area contributed by atoms with Gasteiger partial charge in [-0.2, -0.15) is 0 Å². The summed E-state index contributed by atoms with van der Waals surface area (Å²) in [6.07, 6.45) is 1.67. The fourth-order valence-corrected chi connectivity index (χ4v) is 2.45. The normalized spacial score (nSPS) is 10.2. The lowest BCUT2D eigenvalue weighted by molar-refractivity contribution is 0.303. The molecule has 2 rings (SSSR count). The van der Waals surface area contributed by atoms with Crippen molar-refractivity contribution >= 4 is 33.1 Å². The molecule has 19 heavy (non-hydrogen) atoms. The third kappa shape index (κ3) is 3.52. The first-order valence-electron chi connectivity index (χ1n) is 5.70. The van der Waals surface area contributed by atoms with Crippen molar-refractivity contribution in [1.82, 2.24) is 4.98 Å². The number of aryl methyl sites for hydroxylation is 1. The summed E-state index contributed by atoms with van der Waals surface area (Å²) in [7, 11) is 0. The minimum absolute atomic E-state index is 0.280. The number of thiocarbonyl (C=S) groups is 1. The largest absolute Gasteiger partial charge is 0.488 e. The number of pyridine rings is 1. The molecule has 0 bridgehead atoms. The van der Waals surface area contributed by atoms with Gasteiger partial charge in [-0.05, 0) is 46.6 Å². The van der Waals surface area contributed by atoms with Crippen molar-refractivity contribution < 1.29 is 4.74 Å². The quantitative estimate of drug-likeness (QED) is 0.869. The topological polar surface area (TPSA) is 48.1 Å². The molecule has 0 atom stereocenters. The van der Waals surface area contributed by atoms with Crippen LogP contribution in [0.5, 0.6) is 5.75 Å². The Hall–Kier alpha value is -1.46. The van der Waals surface area contributed by atoms with E-state index in [1.165, 1.54) is 5.56 Å². The number of rotatable bonds is 4. The van der Waals surface area contributed by atoms with Gasteiger partial charge in [-0.1, -0.05) is 24.4 Å². The zero-order chi connectivity index (χ0) is 13.8. The van der Waals surface area contributed by atoms with Gasteiger partial charge in [0.05, 0.1) is 4.47 Å². The van der Waals surface area contributed by atoms with E-state index in [1.54, 1.807) is 6.20 Å². The van der Waals surface area contributed by atoms with Crippen LogP contribution in [-0.4, -0.2) is 9.97 Å². The zero-order valence-electron chi connectivity index (χ0n) is 10.4. The molecule has 0 aliphatic carbocycles. The minimum Gasteiger partial charge on any atom is -0.488 e. The van der Waals surface area contributed by atoms with Crippen LogP contribution < -0.4 is 10.5 Å². The Kier molecular flexibility index (Phi) is 4.50. The monoisotopic (exact) mass is 336 g/mol. The van der Waals surface area contributed by atoms with Crippen molar-refractivity contribution in [1.29, 1.82) is 0 Å². The van der Waals surface area contributed by atoms with Gasteiger partial charge in [0.25, 0.3) is 0 Å². The van der Waals surface area contributed by atoms with Crippen LogP contribution in [0.1, 0.15) is 16.8 Å². The number of benzene rings is 1. The molecule has 0 aliphatic rings. The predicted molar refractivity (Wildman–Crippen MR) is 83.3 cm³/mol. The van der Waals surface area contributed by atoms with Gasteiger partial charge < -0.3 is 10.5 Å². The Balaban J connectivity index is 2.17. The van der Waals surface area contributed by atoms with E-state index in [1.807, 2.05) is 37.3 Å². The second-order valence-electron chi connectivity index (χ2n) is 4.10. The zero-order valence-corrected chi connectivity index (χ0v) is 12.8. The number of nitrogens with two attached hydrogens (primary N) is 1. The van der Waals surface area contributed by atoms with Crippen LogP contribution >= 0.6 is 28.1 Å². The first kappa shape index (κ1) is 14.0. The molecule has 0 spiro atoms. The van der Waals surface area contributed by atoms with E-state index in [9.17, 15) is 0 Å². The Labute approximate surface area is 125 Å². The molecule has 0 saturated carbocycles. The van der Waals surface area contributed by atoms with Crippen molar-refractivity contribution in [3.8, 4) is 5.75 Å². The molecule has 3 nitrogen and oxygen atoms in total. The molecule has 1 heterocycles. The Morgan fingerprint density at radius 2 is 2.21 bits per heavy atom.